The minimum atomic E-state index is -1.63. The summed E-state index contributed by atoms with van der Waals surface area (Å²) in [5, 5.41) is 74.7. The lowest BCUT2D eigenvalue weighted by molar-refractivity contribution is -0.148. The number of ether oxygens (including phenoxy) is 3. The van der Waals surface area contributed by atoms with E-state index in [9.17, 15) is 96.8 Å². The first-order valence-electron chi connectivity index (χ1n) is 46.0. The summed E-state index contributed by atoms with van der Waals surface area (Å²) in [4.78, 5) is 251. The van der Waals surface area contributed by atoms with E-state index in [2.05, 4.69) is 74.4 Å². The number of aliphatic hydroxyl groups excluding tert-OH is 2. The smallest absolute Gasteiger partial charge is 0.326 e. The van der Waals surface area contributed by atoms with Gasteiger partial charge in [-0.3, -0.25) is 86.9 Å². The maximum Gasteiger partial charge on any atom is 0.326 e. The highest BCUT2D eigenvalue weighted by atomic mass is 32.2. The Labute approximate surface area is 779 Å². The molecule has 738 valence electrons. The molecule has 134 heavy (non-hydrogen) atoms. The van der Waals surface area contributed by atoms with Crippen LogP contribution >= 0.6 is 11.8 Å². The van der Waals surface area contributed by atoms with Gasteiger partial charge in [0.05, 0.1) is 65.2 Å². The number of benzene rings is 2. The lowest BCUT2D eigenvalue weighted by atomic mass is 9.91. The van der Waals surface area contributed by atoms with Crippen LogP contribution in [0.4, 0.5) is 0 Å². The fraction of sp³-hybridized carbons (Fsp3) is 0.644. The van der Waals surface area contributed by atoms with E-state index in [1.165, 1.54) is 26.5 Å². The number of rotatable bonds is 54. The number of unbranched alkanes of at least 4 members (excludes halogenated alkanes) is 2. The monoisotopic (exact) mass is 1900 g/mol. The molecule has 3 saturated heterocycles. The first-order chi connectivity index (χ1) is 64.4. The number of guanidine groups is 1. The molecule has 2 aromatic rings. The molecule has 12 atom stereocenters. The molecule has 9 rings (SSSR count). The van der Waals surface area contributed by atoms with Crippen molar-refractivity contribution < 1.29 is 116 Å². The summed E-state index contributed by atoms with van der Waals surface area (Å²) in [7, 11) is 0. The van der Waals surface area contributed by atoms with Crippen molar-refractivity contribution in [1.82, 2.24) is 94.0 Å². The Bertz CT molecular complexity index is 4480. The Morgan fingerprint density at radius 2 is 1.07 bits per heavy atom. The maximum atomic E-state index is 15.0. The second kappa shape index (κ2) is 53.8. The first-order valence-corrected chi connectivity index (χ1v) is 47.0. The molecule has 0 spiro atoms. The SMILES string of the molecule is CCOCCOCCCNC(=O)COc1ccc2c(c1)[C@@H]1SC[C@@H](C(=O)NCC(=O)NCC(=O)NCC(=O)NCC(=O)NCC(=O)N[C@@H](CCCCN)C(=O)N[C@@H](CCCCN)C(=O)N[C@@H](CCCNC(=N)N)C(=O)N3CCC[C@H]3C(=O)N3C[C@H](O)C[C@H]3C(=O)NCC(=O)N[C@H](C(=O)N[C@@H](CO)C(=O)N3Cc4ccccc4C[C@@H]3C(=O)N[C@H](C(=O)O)C3CCCC3)C3CCCC3)N1[13C]2=O. The minimum absolute atomic E-state index is 0.00912. The number of aliphatic carboxylic acids is 1. The highest BCUT2D eigenvalue weighted by Gasteiger charge is 2.51. The number of carbonyl (C=O) groups is 18. The quantitative estimate of drug-likeness (QED) is 0.0127. The highest BCUT2D eigenvalue weighted by Crippen LogP contribution is 2.49. The summed E-state index contributed by atoms with van der Waals surface area (Å²) in [6.07, 6.45) is 5.87. The highest BCUT2D eigenvalue weighted by molar-refractivity contribution is 7.99. The fourth-order valence-corrected chi connectivity index (χ4v) is 18.9. The van der Waals surface area contributed by atoms with Gasteiger partial charge in [-0.2, -0.15) is 0 Å². The number of carbonyl (C=O) groups excluding carboxylic acids is 17. The molecule has 46 nitrogen and oxygen atoms in total. The van der Waals surface area contributed by atoms with Crippen LogP contribution in [0.2, 0.25) is 0 Å². The minimum Gasteiger partial charge on any atom is -0.484 e. The zero-order valence-electron chi connectivity index (χ0n) is 75.5. The molecular weight excluding hydrogens is 1770 g/mol. The number of thioether (sulfide) groups is 1. The van der Waals surface area contributed by atoms with Crippen LogP contribution in [0, 0.1) is 17.2 Å². The number of carboxylic acids is 1. The van der Waals surface area contributed by atoms with Crippen LogP contribution < -0.4 is 96.4 Å². The molecule has 0 radical (unpaired) electrons. The Hall–Kier alpha value is -11.9. The van der Waals surface area contributed by atoms with Gasteiger partial charge >= 0.3 is 5.97 Å². The molecule has 2 saturated carbocycles. The van der Waals surface area contributed by atoms with E-state index >= 15 is 4.79 Å². The number of β-amino-alcohol motifs (C(OH)–C–C–N with tert-alkyl or cyclic N) is 1. The predicted octanol–water partition coefficient (Wildman–Crippen LogP) is -6.31. The van der Waals surface area contributed by atoms with E-state index < -0.39 is 224 Å². The maximum absolute atomic E-state index is 15.0. The third kappa shape index (κ3) is 31.3. The summed E-state index contributed by atoms with van der Waals surface area (Å²) in [5.74, 6) is -14.7. The topological polar surface area (TPSA) is 679 Å². The Morgan fingerprint density at radius 3 is 1.68 bits per heavy atom. The Balaban J connectivity index is 0.721. The molecule has 0 bridgehead atoms. The number of fused-ring (bicyclic) bond motifs is 4. The molecule has 47 heteroatoms. The Morgan fingerprint density at radius 1 is 0.522 bits per heavy atom. The largest absolute Gasteiger partial charge is 0.484 e. The number of carboxylic acid groups (broad SMARTS) is 1. The average molecular weight is 1900 g/mol. The number of hydrogen-bond donors (Lipinski definition) is 21. The van der Waals surface area contributed by atoms with Gasteiger partial charge in [0.15, 0.2) is 12.6 Å². The third-order valence-electron chi connectivity index (χ3n) is 24.4. The molecule has 7 aliphatic rings. The van der Waals surface area contributed by atoms with Gasteiger partial charge in [-0.05, 0) is 157 Å². The van der Waals surface area contributed by atoms with Crippen LogP contribution in [0.3, 0.4) is 0 Å². The first kappa shape index (κ1) is 106. The lowest BCUT2D eigenvalue weighted by Crippen LogP contribution is -2.62. The number of nitrogens with two attached hydrogens (primary N) is 3. The number of aliphatic hydroxyl groups is 2. The van der Waals surface area contributed by atoms with Crippen molar-refractivity contribution in [3.63, 3.8) is 0 Å². The van der Waals surface area contributed by atoms with Gasteiger partial charge in [0, 0.05) is 75.7 Å². The van der Waals surface area contributed by atoms with E-state index in [-0.39, 0.29) is 127 Å². The van der Waals surface area contributed by atoms with E-state index in [1.807, 2.05) is 6.92 Å². The van der Waals surface area contributed by atoms with Crippen molar-refractivity contribution in [3.8, 4) is 5.75 Å². The van der Waals surface area contributed by atoms with Crippen LogP contribution in [-0.4, -0.2) is 338 Å². The summed E-state index contributed by atoms with van der Waals surface area (Å²) in [6, 6.07) is -1.23. The average Bonchev–Trinajstić information content (AvgIpc) is 1.44. The van der Waals surface area contributed by atoms with E-state index in [1.54, 1.807) is 42.5 Å². The van der Waals surface area contributed by atoms with E-state index in [0.717, 1.165) is 23.3 Å². The van der Waals surface area contributed by atoms with Gasteiger partial charge in [0.1, 0.15) is 71.5 Å². The normalized spacial score (nSPS) is 19.7. The molecule has 2 aromatic carbocycles. The van der Waals surface area contributed by atoms with Crippen molar-refractivity contribution in [2.24, 2.45) is 29.0 Å². The van der Waals surface area contributed by atoms with Crippen LogP contribution in [0.15, 0.2) is 42.5 Å². The van der Waals surface area contributed by atoms with Crippen molar-refractivity contribution in [1.29, 1.82) is 5.41 Å². The molecule has 5 fully saturated rings. The summed E-state index contributed by atoms with van der Waals surface area (Å²) >= 11 is 1.33. The van der Waals surface area contributed by atoms with Gasteiger partial charge in [-0.1, -0.05) is 49.9 Å². The third-order valence-corrected chi connectivity index (χ3v) is 25.7. The van der Waals surface area contributed by atoms with Gasteiger partial charge in [-0.25, -0.2) is 4.79 Å². The van der Waals surface area contributed by atoms with Crippen molar-refractivity contribution in [3.05, 3.63) is 64.7 Å². The molecule has 17 amide bonds. The molecule has 24 N–H and O–H groups in total. The lowest BCUT2D eigenvalue weighted by Gasteiger charge is -2.38. The second-order valence-electron chi connectivity index (χ2n) is 34.0. The van der Waals surface area contributed by atoms with Gasteiger partial charge < -0.3 is 141 Å². The fourth-order valence-electron chi connectivity index (χ4n) is 17.4. The van der Waals surface area contributed by atoms with Crippen molar-refractivity contribution >= 4 is 124 Å². The van der Waals surface area contributed by atoms with Gasteiger partial charge in [-0.15, -0.1) is 11.8 Å². The number of hydrogen-bond acceptors (Lipinski definition) is 27. The van der Waals surface area contributed by atoms with Crippen LogP contribution in [0.5, 0.6) is 5.75 Å². The molecule has 2 aliphatic carbocycles. The van der Waals surface area contributed by atoms with Crippen LogP contribution in [-0.2, 0) is 104 Å². The molecule has 5 heterocycles. The summed E-state index contributed by atoms with van der Waals surface area (Å²) in [6.45, 7) is -0.960. The number of nitrogens with one attached hydrogen (secondary N) is 15. The molecule has 5 aliphatic heterocycles. The zero-order chi connectivity index (χ0) is 96.9. The number of amides is 17. The van der Waals surface area contributed by atoms with Crippen LogP contribution in [0.1, 0.15) is 168 Å². The Kier molecular flexibility index (Phi) is 42.5. The molecular formula is C87H130N22O24S. The van der Waals surface area contributed by atoms with Crippen molar-refractivity contribution in [2.75, 3.05) is 124 Å². The van der Waals surface area contributed by atoms with E-state index in [4.69, 9.17) is 36.8 Å². The second-order valence-corrected chi connectivity index (χ2v) is 35.2. The number of likely N-dealkylation sites (tertiary alicyclic amines) is 2. The molecule has 0 aromatic heterocycles. The summed E-state index contributed by atoms with van der Waals surface area (Å²) in [5.41, 5.74) is 19.6. The van der Waals surface area contributed by atoms with Gasteiger partial charge in [0.2, 0.25) is 88.6 Å². The predicted molar refractivity (Wildman–Crippen MR) is 481 cm³/mol. The standard InChI is InChI=1S/C87H130N22O24S/c1-2-131-34-35-132-33-15-31-92-72(118)48-133-55-26-27-56-57(38-55)85-109(81(56)125)65(49-134-85)78(122)98-42-69(115)96-40-67(113)94-39-66(112)95-41-68(114)97-43-70(116)100-58(22-9-11-28-88)75(119)101-59(23-10-12-29-89)76(120)102-60(24-13-30-93-87(90)91)82(126)106-32-14-25-62(106)84(128)108-46-54(111)37-64(108)77(121)99-44-71(117)104-73(50-16-3-4-17-50)80(124)103-61(47-110)83(127)107-45-53-21-8-7-20-52(53)36-63(107)79(123)105-74(86(129)130)51-18-5-6-19-51/h7-8,20-21,26-27,38,50-51,54,58-65,73-74,85,110-111H,2-6,9-19,22-25,28-37,39-49,88-89H2,1H3,(H,92,118)(H,94,113)(H,95,112)(H,96,115)(H,97,114)(H,98,122)(H,99,121)(H,100,116)(H,101,119)(H,102,120)(H,103,124)(H,104,117)(H,105,123)(H,129,130)(H4,90,91,93)/t54-,58+,59+,60+,61+,62+,63-,64+,65+,73+,74+,85+/m1/s1/i81+1. The molecule has 0 unspecified atom stereocenters. The van der Waals surface area contributed by atoms with Crippen molar-refractivity contribution in [2.45, 2.75) is 220 Å². The van der Waals surface area contributed by atoms with Gasteiger partial charge in [0.25, 0.3) is 11.8 Å². The zero-order valence-corrected chi connectivity index (χ0v) is 76.3. The van der Waals surface area contributed by atoms with E-state index in [0.29, 0.717) is 120 Å². The number of nitrogens with zero attached hydrogens (tertiary/aromatic N) is 4. The summed E-state index contributed by atoms with van der Waals surface area (Å²) < 4.78 is 16.4. The van der Waals surface area contributed by atoms with Crippen LogP contribution in [0.25, 0.3) is 0 Å².